The maximum atomic E-state index is 12.5. The van der Waals surface area contributed by atoms with Gasteiger partial charge < -0.3 is 10.2 Å². The molecule has 0 saturated heterocycles. The van der Waals surface area contributed by atoms with Gasteiger partial charge in [0, 0.05) is 19.8 Å². The summed E-state index contributed by atoms with van der Waals surface area (Å²) in [6, 6.07) is 12.1. The molecule has 2 rings (SSSR count). The number of hydrogen-bond acceptors (Lipinski definition) is 4. The van der Waals surface area contributed by atoms with E-state index in [2.05, 4.69) is 10.3 Å². The Morgan fingerprint density at radius 1 is 1.29 bits per heavy atom. The summed E-state index contributed by atoms with van der Waals surface area (Å²) in [5.41, 5.74) is 1.37. The number of benzene rings is 1. The summed E-state index contributed by atoms with van der Waals surface area (Å²) in [7, 11) is 3.35. The van der Waals surface area contributed by atoms with E-state index in [-0.39, 0.29) is 11.6 Å². The first-order chi connectivity index (χ1) is 10.1. The number of nitriles is 1. The number of carbonyl (C=O) groups is 1. The Kier molecular flexibility index (Phi) is 4.41. The lowest BCUT2D eigenvalue weighted by Gasteiger charge is -2.18. The minimum absolute atomic E-state index is 0.176. The van der Waals surface area contributed by atoms with Crippen molar-refractivity contribution in [2.75, 3.05) is 24.3 Å². The molecule has 1 N–H and O–H groups in total. The predicted octanol–water partition coefficient (Wildman–Crippen LogP) is 2.92. The zero-order valence-electron chi connectivity index (χ0n) is 11.6. The predicted molar refractivity (Wildman–Crippen MR) is 82.7 cm³/mol. The number of rotatable bonds is 3. The first-order valence-corrected chi connectivity index (χ1v) is 6.57. The van der Waals surface area contributed by atoms with Crippen LogP contribution in [0, 0.1) is 11.3 Å². The van der Waals surface area contributed by atoms with Crippen LogP contribution in [0.5, 0.6) is 0 Å². The third-order valence-corrected chi connectivity index (χ3v) is 3.30. The molecule has 1 amide bonds. The molecular formula is C15H13ClN4O. The Balaban J connectivity index is 2.32. The van der Waals surface area contributed by atoms with Gasteiger partial charge >= 0.3 is 0 Å². The largest absolute Gasteiger partial charge is 0.373 e. The van der Waals surface area contributed by atoms with Crippen molar-refractivity contribution in [1.29, 1.82) is 5.26 Å². The van der Waals surface area contributed by atoms with E-state index in [0.717, 1.165) is 0 Å². The highest BCUT2D eigenvalue weighted by atomic mass is 35.5. The highest BCUT2D eigenvalue weighted by Gasteiger charge is 2.18. The molecular weight excluding hydrogens is 288 g/mol. The second-order valence-corrected chi connectivity index (χ2v) is 4.71. The van der Waals surface area contributed by atoms with Crippen molar-refractivity contribution in [2.45, 2.75) is 0 Å². The van der Waals surface area contributed by atoms with Crippen LogP contribution in [0.15, 0.2) is 36.4 Å². The first-order valence-electron chi connectivity index (χ1n) is 6.19. The summed E-state index contributed by atoms with van der Waals surface area (Å²) in [5, 5.41) is 11.9. The quantitative estimate of drug-likeness (QED) is 0.946. The number of aromatic nitrogens is 1. The smallest absolute Gasteiger partial charge is 0.278 e. The van der Waals surface area contributed by atoms with E-state index in [0.29, 0.717) is 22.1 Å². The van der Waals surface area contributed by atoms with Gasteiger partial charge in [0.15, 0.2) is 0 Å². The van der Waals surface area contributed by atoms with Crippen molar-refractivity contribution in [1.82, 2.24) is 4.98 Å². The standard InChI is InChI=1S/C15H13ClN4O/c1-18-13-8-7-12(16)14(19-13)15(21)20(2)11-5-3-10(9-17)4-6-11/h3-8H,1-2H3,(H,18,19). The molecule has 0 atom stereocenters. The van der Waals surface area contributed by atoms with Gasteiger partial charge in [0.05, 0.1) is 16.7 Å². The second kappa shape index (κ2) is 6.25. The Morgan fingerprint density at radius 3 is 2.52 bits per heavy atom. The molecule has 0 aliphatic rings. The highest BCUT2D eigenvalue weighted by molar-refractivity contribution is 6.34. The van der Waals surface area contributed by atoms with E-state index in [1.807, 2.05) is 6.07 Å². The topological polar surface area (TPSA) is 69.0 Å². The molecule has 0 fully saturated rings. The van der Waals surface area contributed by atoms with Crippen molar-refractivity contribution >= 4 is 29.0 Å². The number of anilines is 2. The number of amides is 1. The fourth-order valence-corrected chi connectivity index (χ4v) is 1.95. The van der Waals surface area contributed by atoms with Gasteiger partial charge in [-0.3, -0.25) is 4.79 Å². The number of carbonyl (C=O) groups excluding carboxylic acids is 1. The molecule has 0 unspecified atom stereocenters. The molecule has 0 aliphatic heterocycles. The third-order valence-electron chi connectivity index (χ3n) is 2.99. The number of hydrogen-bond donors (Lipinski definition) is 1. The van der Waals surface area contributed by atoms with Crippen LogP contribution in [0.25, 0.3) is 0 Å². The van der Waals surface area contributed by atoms with Gasteiger partial charge in [0.1, 0.15) is 11.5 Å². The van der Waals surface area contributed by atoms with Crippen molar-refractivity contribution in [3.63, 3.8) is 0 Å². The van der Waals surface area contributed by atoms with Gasteiger partial charge in [-0.25, -0.2) is 4.98 Å². The van der Waals surface area contributed by atoms with Crippen molar-refractivity contribution in [3.8, 4) is 6.07 Å². The molecule has 0 spiro atoms. The van der Waals surface area contributed by atoms with Crippen LogP contribution in [-0.4, -0.2) is 25.0 Å². The normalized spacial score (nSPS) is 9.81. The molecule has 6 heteroatoms. The van der Waals surface area contributed by atoms with E-state index >= 15 is 0 Å². The lowest BCUT2D eigenvalue weighted by atomic mass is 10.2. The van der Waals surface area contributed by atoms with Gasteiger partial charge in [-0.2, -0.15) is 5.26 Å². The molecule has 21 heavy (non-hydrogen) atoms. The lowest BCUT2D eigenvalue weighted by Crippen LogP contribution is -2.27. The average Bonchev–Trinajstić information content (AvgIpc) is 2.54. The SMILES string of the molecule is CNc1ccc(Cl)c(C(=O)N(C)c2ccc(C#N)cc2)n1. The van der Waals surface area contributed by atoms with Crippen molar-refractivity contribution in [2.24, 2.45) is 0 Å². The molecule has 0 saturated carbocycles. The molecule has 5 nitrogen and oxygen atoms in total. The number of halogens is 1. The highest BCUT2D eigenvalue weighted by Crippen LogP contribution is 2.21. The molecule has 1 aromatic heterocycles. The van der Waals surface area contributed by atoms with E-state index in [1.54, 1.807) is 50.5 Å². The molecule has 0 bridgehead atoms. The minimum Gasteiger partial charge on any atom is -0.373 e. The fraction of sp³-hybridized carbons (Fsp3) is 0.133. The van der Waals surface area contributed by atoms with Crippen LogP contribution in [0.3, 0.4) is 0 Å². The summed E-state index contributed by atoms with van der Waals surface area (Å²) in [6.45, 7) is 0. The average molecular weight is 301 g/mol. The summed E-state index contributed by atoms with van der Waals surface area (Å²) in [6.07, 6.45) is 0. The first kappa shape index (κ1) is 14.8. The van der Waals surface area contributed by atoms with Gasteiger partial charge in [-0.1, -0.05) is 11.6 Å². The zero-order chi connectivity index (χ0) is 15.4. The second-order valence-electron chi connectivity index (χ2n) is 4.30. The number of nitrogens with one attached hydrogen (secondary N) is 1. The van der Waals surface area contributed by atoms with Crippen LogP contribution >= 0.6 is 11.6 Å². The molecule has 0 radical (unpaired) electrons. The molecule has 1 aromatic carbocycles. The summed E-state index contributed by atoms with van der Waals surface area (Å²) in [5.74, 6) is 0.248. The Labute approximate surface area is 127 Å². The maximum Gasteiger partial charge on any atom is 0.278 e. The van der Waals surface area contributed by atoms with Gasteiger partial charge in [0.25, 0.3) is 5.91 Å². The minimum atomic E-state index is -0.318. The van der Waals surface area contributed by atoms with E-state index in [1.165, 1.54) is 4.90 Å². The van der Waals surface area contributed by atoms with Gasteiger partial charge in [-0.05, 0) is 36.4 Å². The van der Waals surface area contributed by atoms with Crippen LogP contribution in [-0.2, 0) is 0 Å². The van der Waals surface area contributed by atoms with Gasteiger partial charge in [0.2, 0.25) is 0 Å². The van der Waals surface area contributed by atoms with Gasteiger partial charge in [-0.15, -0.1) is 0 Å². The monoisotopic (exact) mass is 300 g/mol. The molecule has 2 aromatic rings. The summed E-state index contributed by atoms with van der Waals surface area (Å²) >= 11 is 6.05. The number of pyridine rings is 1. The van der Waals surface area contributed by atoms with Crippen LogP contribution in [0.1, 0.15) is 16.1 Å². The molecule has 0 aliphatic carbocycles. The fourth-order valence-electron chi connectivity index (χ4n) is 1.77. The van der Waals surface area contributed by atoms with E-state index in [4.69, 9.17) is 16.9 Å². The Hall–Kier alpha value is -2.58. The molecule has 106 valence electrons. The molecule has 1 heterocycles. The van der Waals surface area contributed by atoms with E-state index in [9.17, 15) is 4.79 Å². The maximum absolute atomic E-state index is 12.5. The van der Waals surface area contributed by atoms with Crippen LogP contribution in [0.2, 0.25) is 5.02 Å². The van der Waals surface area contributed by atoms with Crippen molar-refractivity contribution in [3.05, 3.63) is 52.7 Å². The Bertz CT molecular complexity index is 707. The van der Waals surface area contributed by atoms with Crippen LogP contribution in [0.4, 0.5) is 11.5 Å². The summed E-state index contributed by atoms with van der Waals surface area (Å²) in [4.78, 5) is 18.1. The third kappa shape index (κ3) is 3.12. The van der Waals surface area contributed by atoms with Crippen LogP contribution < -0.4 is 10.2 Å². The van der Waals surface area contributed by atoms with Crippen molar-refractivity contribution < 1.29 is 4.79 Å². The lowest BCUT2D eigenvalue weighted by molar-refractivity contribution is 0.0988. The van der Waals surface area contributed by atoms with E-state index < -0.39 is 0 Å². The Morgan fingerprint density at radius 2 is 1.95 bits per heavy atom. The summed E-state index contributed by atoms with van der Waals surface area (Å²) < 4.78 is 0. The zero-order valence-corrected chi connectivity index (χ0v) is 12.3. The number of nitrogens with zero attached hydrogens (tertiary/aromatic N) is 3.